The number of likely N-dealkylation sites (tertiary alicyclic amines) is 1. The summed E-state index contributed by atoms with van der Waals surface area (Å²) in [5.74, 6) is 1.26. The van der Waals surface area contributed by atoms with Crippen molar-refractivity contribution >= 4 is 17.7 Å². The van der Waals surface area contributed by atoms with Gasteiger partial charge in [-0.25, -0.2) is 4.98 Å². The van der Waals surface area contributed by atoms with Gasteiger partial charge in [-0.2, -0.15) is 0 Å². The van der Waals surface area contributed by atoms with Gasteiger partial charge in [-0.3, -0.25) is 9.89 Å². The lowest BCUT2D eigenvalue weighted by atomic mass is 10.0. The van der Waals surface area contributed by atoms with Crippen LogP contribution >= 0.6 is 11.8 Å². The van der Waals surface area contributed by atoms with Crippen molar-refractivity contribution in [3.8, 4) is 0 Å². The standard InChI is InChI=1S/C10H16N4OS/c1-8-3-2-4-14(5-8)9(15)6-16-10-11-7-12-13-10/h7-8H,2-6H2,1H3,(H,11,12,13). The van der Waals surface area contributed by atoms with E-state index in [1.807, 2.05) is 4.90 Å². The van der Waals surface area contributed by atoms with E-state index in [1.54, 1.807) is 0 Å². The maximum atomic E-state index is 11.9. The number of hydrogen-bond donors (Lipinski definition) is 1. The number of thioether (sulfide) groups is 1. The van der Waals surface area contributed by atoms with Crippen LogP contribution in [0, 0.1) is 5.92 Å². The number of piperidine rings is 1. The summed E-state index contributed by atoms with van der Waals surface area (Å²) in [6.07, 6.45) is 3.88. The van der Waals surface area contributed by atoms with E-state index < -0.39 is 0 Å². The van der Waals surface area contributed by atoms with Gasteiger partial charge in [0.15, 0.2) is 0 Å². The number of rotatable bonds is 3. The van der Waals surface area contributed by atoms with Crippen LogP contribution in [-0.4, -0.2) is 44.8 Å². The third-order valence-electron chi connectivity index (χ3n) is 2.73. The Morgan fingerprint density at radius 1 is 1.75 bits per heavy atom. The van der Waals surface area contributed by atoms with Gasteiger partial charge in [0.1, 0.15) is 6.33 Å². The summed E-state index contributed by atoms with van der Waals surface area (Å²) in [6.45, 7) is 3.99. The van der Waals surface area contributed by atoms with Gasteiger partial charge in [0, 0.05) is 13.1 Å². The van der Waals surface area contributed by atoms with Crippen LogP contribution < -0.4 is 0 Å². The predicted octanol–water partition coefficient (Wildman–Crippen LogP) is 1.16. The van der Waals surface area contributed by atoms with Crippen LogP contribution in [0.1, 0.15) is 19.8 Å². The predicted molar refractivity (Wildman–Crippen MR) is 62.1 cm³/mol. The Kier molecular flexibility index (Phi) is 3.82. The first kappa shape index (κ1) is 11.4. The van der Waals surface area contributed by atoms with Gasteiger partial charge >= 0.3 is 0 Å². The van der Waals surface area contributed by atoms with E-state index in [1.165, 1.54) is 24.5 Å². The van der Waals surface area contributed by atoms with E-state index in [2.05, 4.69) is 22.1 Å². The molecule has 1 aromatic rings. The summed E-state index contributed by atoms with van der Waals surface area (Å²) >= 11 is 1.39. The Balaban J connectivity index is 1.79. The lowest BCUT2D eigenvalue weighted by Gasteiger charge is -2.30. The van der Waals surface area contributed by atoms with Crippen LogP contribution in [-0.2, 0) is 4.79 Å². The van der Waals surface area contributed by atoms with Gasteiger partial charge in [-0.05, 0) is 18.8 Å². The highest BCUT2D eigenvalue weighted by Crippen LogP contribution is 2.18. The van der Waals surface area contributed by atoms with E-state index >= 15 is 0 Å². The molecule has 1 saturated heterocycles. The van der Waals surface area contributed by atoms with Crippen LogP contribution in [0.15, 0.2) is 11.5 Å². The van der Waals surface area contributed by atoms with Crippen molar-refractivity contribution in [3.63, 3.8) is 0 Å². The number of nitrogens with one attached hydrogen (secondary N) is 1. The molecular formula is C10H16N4OS. The molecular weight excluding hydrogens is 224 g/mol. The highest BCUT2D eigenvalue weighted by atomic mass is 32.2. The topological polar surface area (TPSA) is 61.9 Å². The van der Waals surface area contributed by atoms with Crippen molar-refractivity contribution in [3.05, 3.63) is 6.33 Å². The molecule has 2 rings (SSSR count). The molecule has 1 aromatic heterocycles. The van der Waals surface area contributed by atoms with E-state index in [0.29, 0.717) is 16.8 Å². The second-order valence-electron chi connectivity index (χ2n) is 4.16. The van der Waals surface area contributed by atoms with Crippen molar-refractivity contribution in [1.29, 1.82) is 0 Å². The zero-order valence-corrected chi connectivity index (χ0v) is 10.2. The molecule has 1 atom stereocenters. The van der Waals surface area contributed by atoms with Gasteiger partial charge in [-0.15, -0.1) is 5.10 Å². The molecule has 1 N–H and O–H groups in total. The van der Waals surface area contributed by atoms with E-state index in [9.17, 15) is 4.79 Å². The Morgan fingerprint density at radius 3 is 3.31 bits per heavy atom. The summed E-state index contributed by atoms with van der Waals surface area (Å²) < 4.78 is 0. The van der Waals surface area contributed by atoms with Gasteiger partial charge < -0.3 is 4.90 Å². The van der Waals surface area contributed by atoms with Crippen molar-refractivity contribution in [2.24, 2.45) is 5.92 Å². The Hall–Kier alpha value is -1.04. The van der Waals surface area contributed by atoms with Crippen LogP contribution in [0.25, 0.3) is 0 Å². The first-order valence-electron chi connectivity index (χ1n) is 5.52. The average Bonchev–Trinajstić information content (AvgIpc) is 2.78. The number of aromatic nitrogens is 3. The molecule has 2 heterocycles. The molecule has 6 heteroatoms. The molecule has 0 bridgehead atoms. The molecule has 5 nitrogen and oxygen atoms in total. The minimum Gasteiger partial charge on any atom is -0.342 e. The summed E-state index contributed by atoms with van der Waals surface area (Å²) in [6, 6.07) is 0. The van der Waals surface area contributed by atoms with E-state index in [0.717, 1.165) is 19.5 Å². The molecule has 1 fully saturated rings. The normalized spacial score (nSPS) is 21.1. The van der Waals surface area contributed by atoms with Crippen molar-refractivity contribution in [2.45, 2.75) is 24.9 Å². The highest BCUT2D eigenvalue weighted by Gasteiger charge is 2.20. The number of aromatic amines is 1. The molecule has 0 spiro atoms. The van der Waals surface area contributed by atoms with Gasteiger partial charge in [-0.1, -0.05) is 18.7 Å². The van der Waals surface area contributed by atoms with Crippen molar-refractivity contribution in [2.75, 3.05) is 18.8 Å². The zero-order chi connectivity index (χ0) is 11.4. The van der Waals surface area contributed by atoms with Gasteiger partial charge in [0.25, 0.3) is 0 Å². The molecule has 1 aliphatic rings. The third-order valence-corrected chi connectivity index (χ3v) is 3.57. The monoisotopic (exact) mass is 240 g/mol. The molecule has 16 heavy (non-hydrogen) atoms. The molecule has 0 aromatic carbocycles. The lowest BCUT2D eigenvalue weighted by Crippen LogP contribution is -2.40. The Bertz CT molecular complexity index is 341. The first-order chi connectivity index (χ1) is 7.75. The second kappa shape index (κ2) is 5.34. The van der Waals surface area contributed by atoms with E-state index in [4.69, 9.17) is 0 Å². The minimum atomic E-state index is 0.196. The van der Waals surface area contributed by atoms with Gasteiger partial charge in [0.2, 0.25) is 11.1 Å². The Labute approximate surface area is 99.0 Å². The van der Waals surface area contributed by atoms with Crippen molar-refractivity contribution < 1.29 is 4.79 Å². The maximum Gasteiger partial charge on any atom is 0.233 e. The minimum absolute atomic E-state index is 0.196. The molecule has 1 amide bonds. The molecule has 0 aliphatic carbocycles. The first-order valence-corrected chi connectivity index (χ1v) is 6.50. The fraction of sp³-hybridized carbons (Fsp3) is 0.700. The zero-order valence-electron chi connectivity index (χ0n) is 9.35. The SMILES string of the molecule is CC1CCCN(C(=O)CSc2nc[nH]n2)C1. The quantitative estimate of drug-likeness (QED) is 0.805. The van der Waals surface area contributed by atoms with Crippen LogP contribution in [0.4, 0.5) is 0 Å². The second-order valence-corrected chi connectivity index (χ2v) is 5.10. The summed E-state index contributed by atoms with van der Waals surface area (Å²) in [7, 11) is 0. The maximum absolute atomic E-state index is 11.9. The molecule has 1 aliphatic heterocycles. The fourth-order valence-electron chi connectivity index (χ4n) is 1.90. The summed E-state index contributed by atoms with van der Waals surface area (Å²) in [5.41, 5.74) is 0. The van der Waals surface area contributed by atoms with Crippen LogP contribution in [0.2, 0.25) is 0 Å². The number of carbonyl (C=O) groups excluding carboxylic acids is 1. The van der Waals surface area contributed by atoms with E-state index in [-0.39, 0.29) is 5.91 Å². The molecule has 0 saturated carbocycles. The van der Waals surface area contributed by atoms with Crippen molar-refractivity contribution in [1.82, 2.24) is 20.1 Å². The van der Waals surface area contributed by atoms with Gasteiger partial charge in [0.05, 0.1) is 5.75 Å². The van der Waals surface area contributed by atoms with Crippen LogP contribution in [0.5, 0.6) is 0 Å². The Morgan fingerprint density at radius 2 is 2.62 bits per heavy atom. The number of hydrogen-bond acceptors (Lipinski definition) is 4. The smallest absolute Gasteiger partial charge is 0.233 e. The number of carbonyl (C=O) groups is 1. The fourth-order valence-corrected chi connectivity index (χ4v) is 2.58. The molecule has 1 unspecified atom stereocenters. The van der Waals surface area contributed by atoms with Crippen LogP contribution in [0.3, 0.4) is 0 Å². The number of H-pyrrole nitrogens is 1. The summed E-state index contributed by atoms with van der Waals surface area (Å²) in [4.78, 5) is 17.8. The lowest BCUT2D eigenvalue weighted by molar-refractivity contribution is -0.130. The largest absolute Gasteiger partial charge is 0.342 e. The molecule has 88 valence electrons. The average molecular weight is 240 g/mol. The number of amides is 1. The highest BCUT2D eigenvalue weighted by molar-refractivity contribution is 7.99. The summed E-state index contributed by atoms with van der Waals surface area (Å²) in [5, 5.41) is 7.18. The third kappa shape index (κ3) is 2.98. The molecule has 0 radical (unpaired) electrons. The number of nitrogens with zero attached hydrogens (tertiary/aromatic N) is 3.